The summed E-state index contributed by atoms with van der Waals surface area (Å²) in [7, 11) is 0. The van der Waals surface area contributed by atoms with Crippen molar-refractivity contribution in [2.45, 2.75) is 32.3 Å². The number of likely N-dealkylation sites (tertiary alicyclic amines) is 1. The minimum absolute atomic E-state index is 0.0816. The molecule has 1 saturated heterocycles. The molecule has 1 aliphatic heterocycles. The molecule has 1 heterocycles. The first-order chi connectivity index (χ1) is 6.69. The second-order valence-electron chi connectivity index (χ2n) is 3.65. The van der Waals surface area contributed by atoms with Gasteiger partial charge in [-0.2, -0.15) is 5.26 Å². The van der Waals surface area contributed by atoms with Crippen molar-refractivity contribution in [3.05, 3.63) is 0 Å². The average Bonchev–Trinajstić information content (AvgIpc) is 2.20. The Kier molecular flexibility index (Phi) is 3.90. The minimum atomic E-state index is -0.509. The Labute approximate surface area is 84.1 Å². The van der Waals surface area contributed by atoms with Crippen LogP contribution in [0, 0.1) is 17.2 Å². The molecule has 1 aliphatic rings. The summed E-state index contributed by atoms with van der Waals surface area (Å²) >= 11 is 0. The number of nitrogens with zero attached hydrogens (tertiary/aromatic N) is 2. The van der Waals surface area contributed by atoms with Gasteiger partial charge in [0.1, 0.15) is 5.92 Å². The molecular formula is C10H16N2O2. The van der Waals surface area contributed by atoms with Crippen LogP contribution < -0.4 is 0 Å². The van der Waals surface area contributed by atoms with E-state index in [0.717, 1.165) is 0 Å². The zero-order valence-corrected chi connectivity index (χ0v) is 8.44. The first-order valence-corrected chi connectivity index (χ1v) is 5.05. The van der Waals surface area contributed by atoms with Gasteiger partial charge >= 0.3 is 0 Å². The molecule has 1 amide bonds. The van der Waals surface area contributed by atoms with Crippen LogP contribution in [-0.4, -0.2) is 35.1 Å². The lowest BCUT2D eigenvalue weighted by Gasteiger charge is -2.30. The summed E-state index contributed by atoms with van der Waals surface area (Å²) in [5.41, 5.74) is 0. The third-order valence-electron chi connectivity index (χ3n) is 2.64. The first-order valence-electron chi connectivity index (χ1n) is 5.05. The van der Waals surface area contributed by atoms with Crippen LogP contribution in [0.1, 0.15) is 26.2 Å². The second-order valence-corrected chi connectivity index (χ2v) is 3.65. The summed E-state index contributed by atoms with van der Waals surface area (Å²) in [5, 5.41) is 18.0. The van der Waals surface area contributed by atoms with Gasteiger partial charge in [0.15, 0.2) is 0 Å². The fourth-order valence-corrected chi connectivity index (χ4v) is 1.63. The summed E-state index contributed by atoms with van der Waals surface area (Å²) in [6.07, 6.45) is 1.55. The molecule has 1 unspecified atom stereocenters. The summed E-state index contributed by atoms with van der Waals surface area (Å²) in [5.74, 6) is -0.591. The molecular weight excluding hydrogens is 180 g/mol. The average molecular weight is 196 g/mol. The normalized spacial score (nSPS) is 20.2. The molecule has 0 aliphatic carbocycles. The molecule has 78 valence electrons. The molecule has 0 bridgehead atoms. The fraction of sp³-hybridized carbons (Fsp3) is 0.800. The number of hydrogen-bond acceptors (Lipinski definition) is 3. The Bertz CT molecular complexity index is 239. The van der Waals surface area contributed by atoms with E-state index < -0.39 is 5.92 Å². The molecule has 0 spiro atoms. The predicted octanol–water partition coefficient (Wildman–Crippen LogP) is 0.519. The molecule has 4 nitrogen and oxygen atoms in total. The van der Waals surface area contributed by atoms with Gasteiger partial charge in [0.05, 0.1) is 12.2 Å². The molecule has 0 aromatic heterocycles. The molecule has 1 N–H and O–H groups in total. The van der Waals surface area contributed by atoms with E-state index in [9.17, 15) is 9.90 Å². The highest BCUT2D eigenvalue weighted by atomic mass is 16.3. The molecule has 1 rings (SSSR count). The van der Waals surface area contributed by atoms with Crippen molar-refractivity contribution in [2.24, 2.45) is 5.92 Å². The highest BCUT2D eigenvalue weighted by molar-refractivity contribution is 5.81. The smallest absolute Gasteiger partial charge is 0.239 e. The summed E-state index contributed by atoms with van der Waals surface area (Å²) < 4.78 is 0. The van der Waals surface area contributed by atoms with Gasteiger partial charge in [0.2, 0.25) is 5.91 Å². The van der Waals surface area contributed by atoms with Crippen LogP contribution in [0.3, 0.4) is 0 Å². The molecule has 1 fully saturated rings. The van der Waals surface area contributed by atoms with Crippen LogP contribution >= 0.6 is 0 Å². The van der Waals surface area contributed by atoms with E-state index >= 15 is 0 Å². The van der Waals surface area contributed by atoms with E-state index in [4.69, 9.17) is 5.26 Å². The van der Waals surface area contributed by atoms with Crippen molar-refractivity contribution in [2.75, 3.05) is 13.1 Å². The van der Waals surface area contributed by atoms with E-state index in [0.29, 0.717) is 32.4 Å². The van der Waals surface area contributed by atoms with Crippen LogP contribution in [0.5, 0.6) is 0 Å². The van der Waals surface area contributed by atoms with Gasteiger partial charge in [-0.1, -0.05) is 6.92 Å². The number of aliphatic hydroxyl groups is 1. The Balaban J connectivity index is 2.49. The van der Waals surface area contributed by atoms with Crippen molar-refractivity contribution in [1.82, 2.24) is 4.90 Å². The van der Waals surface area contributed by atoms with Crippen molar-refractivity contribution < 1.29 is 9.90 Å². The third-order valence-corrected chi connectivity index (χ3v) is 2.64. The zero-order chi connectivity index (χ0) is 10.6. The first kappa shape index (κ1) is 11.0. The van der Waals surface area contributed by atoms with Gasteiger partial charge in [-0.05, 0) is 19.3 Å². The Morgan fingerprint density at radius 3 is 2.64 bits per heavy atom. The maximum absolute atomic E-state index is 11.7. The van der Waals surface area contributed by atoms with Crippen molar-refractivity contribution in [3.8, 4) is 6.07 Å². The van der Waals surface area contributed by atoms with Crippen LogP contribution in [0.15, 0.2) is 0 Å². The van der Waals surface area contributed by atoms with Gasteiger partial charge < -0.3 is 10.0 Å². The lowest BCUT2D eigenvalue weighted by atomic mass is 10.0. The number of nitriles is 1. The number of carbonyl (C=O) groups excluding carboxylic acids is 1. The summed E-state index contributed by atoms with van der Waals surface area (Å²) in [6, 6.07) is 2.01. The van der Waals surface area contributed by atoms with Crippen molar-refractivity contribution in [1.29, 1.82) is 5.26 Å². The molecule has 0 radical (unpaired) electrons. The third kappa shape index (κ3) is 2.46. The van der Waals surface area contributed by atoms with Gasteiger partial charge in [-0.25, -0.2) is 0 Å². The standard InChI is InChI=1S/C10H16N2O2/c1-2-8(7-11)10(14)12-5-3-9(13)4-6-12/h8-9,13H,2-6H2,1H3. The van der Waals surface area contributed by atoms with E-state index in [1.807, 2.05) is 13.0 Å². The van der Waals surface area contributed by atoms with E-state index in [1.54, 1.807) is 4.90 Å². The zero-order valence-electron chi connectivity index (χ0n) is 8.44. The van der Waals surface area contributed by atoms with Crippen LogP contribution in [-0.2, 0) is 4.79 Å². The van der Waals surface area contributed by atoms with Crippen LogP contribution in [0.2, 0.25) is 0 Å². The van der Waals surface area contributed by atoms with E-state index in [2.05, 4.69) is 0 Å². The monoisotopic (exact) mass is 196 g/mol. The summed E-state index contributed by atoms with van der Waals surface area (Å²) in [6.45, 7) is 3.00. The number of aliphatic hydroxyl groups excluding tert-OH is 1. The topological polar surface area (TPSA) is 64.3 Å². The Morgan fingerprint density at radius 2 is 2.21 bits per heavy atom. The number of piperidine rings is 1. The Morgan fingerprint density at radius 1 is 1.64 bits per heavy atom. The summed E-state index contributed by atoms with van der Waals surface area (Å²) in [4.78, 5) is 13.4. The molecule has 0 aromatic rings. The minimum Gasteiger partial charge on any atom is -0.393 e. The van der Waals surface area contributed by atoms with Crippen LogP contribution in [0.25, 0.3) is 0 Å². The van der Waals surface area contributed by atoms with Crippen molar-refractivity contribution in [3.63, 3.8) is 0 Å². The fourth-order valence-electron chi connectivity index (χ4n) is 1.63. The largest absolute Gasteiger partial charge is 0.393 e. The quantitative estimate of drug-likeness (QED) is 0.700. The second kappa shape index (κ2) is 4.97. The molecule has 0 saturated carbocycles. The number of rotatable bonds is 2. The van der Waals surface area contributed by atoms with Crippen molar-refractivity contribution >= 4 is 5.91 Å². The predicted molar refractivity (Wildman–Crippen MR) is 51.2 cm³/mol. The Hall–Kier alpha value is -1.08. The van der Waals surface area contributed by atoms with E-state index in [-0.39, 0.29) is 12.0 Å². The van der Waals surface area contributed by atoms with Gasteiger partial charge in [0, 0.05) is 13.1 Å². The maximum Gasteiger partial charge on any atom is 0.239 e. The van der Waals surface area contributed by atoms with E-state index in [1.165, 1.54) is 0 Å². The SMILES string of the molecule is CCC(C#N)C(=O)N1CCC(O)CC1. The van der Waals surface area contributed by atoms with Gasteiger partial charge in [-0.3, -0.25) is 4.79 Å². The molecule has 4 heteroatoms. The lowest BCUT2D eigenvalue weighted by molar-refractivity contribution is -0.135. The highest BCUT2D eigenvalue weighted by Gasteiger charge is 2.26. The number of amides is 1. The van der Waals surface area contributed by atoms with Gasteiger partial charge in [0.25, 0.3) is 0 Å². The molecule has 1 atom stereocenters. The highest BCUT2D eigenvalue weighted by Crippen LogP contribution is 2.14. The van der Waals surface area contributed by atoms with Crippen LogP contribution in [0.4, 0.5) is 0 Å². The van der Waals surface area contributed by atoms with Gasteiger partial charge in [-0.15, -0.1) is 0 Å². The number of carbonyl (C=O) groups is 1. The number of hydrogen-bond donors (Lipinski definition) is 1. The molecule has 14 heavy (non-hydrogen) atoms. The lowest BCUT2D eigenvalue weighted by Crippen LogP contribution is -2.42. The molecule has 0 aromatic carbocycles. The maximum atomic E-state index is 11.7.